The van der Waals surface area contributed by atoms with Crippen LogP contribution in [0.5, 0.6) is 0 Å². The van der Waals surface area contributed by atoms with Gasteiger partial charge in [0.25, 0.3) is 5.69 Å². The predicted octanol–water partition coefficient (Wildman–Crippen LogP) is 1.74. The van der Waals surface area contributed by atoms with Crippen LogP contribution in [0.2, 0.25) is 0 Å². The van der Waals surface area contributed by atoms with Crippen molar-refractivity contribution in [3.63, 3.8) is 0 Å². The van der Waals surface area contributed by atoms with Gasteiger partial charge in [-0.05, 0) is 13.0 Å². The molecule has 1 atom stereocenters. The predicted molar refractivity (Wildman–Crippen MR) is 65.0 cm³/mol. The van der Waals surface area contributed by atoms with Crippen molar-refractivity contribution < 1.29 is 19.6 Å². The van der Waals surface area contributed by atoms with Gasteiger partial charge in [-0.3, -0.25) is 10.1 Å². The van der Waals surface area contributed by atoms with Gasteiger partial charge in [-0.1, -0.05) is 0 Å². The molecule has 18 heavy (non-hydrogen) atoms. The molecule has 1 unspecified atom stereocenters. The van der Waals surface area contributed by atoms with Crippen LogP contribution < -0.4 is 5.32 Å². The van der Waals surface area contributed by atoms with Crippen LogP contribution in [-0.2, 0) is 4.74 Å². The number of aromatic carboxylic acids is 1. The summed E-state index contributed by atoms with van der Waals surface area (Å²) in [5.41, 5.74) is 0.0388. The SMILES string of the molecule is COCC(C)Nc1cc([N+](=O)[O-])ccc1C(=O)O. The maximum atomic E-state index is 11.0. The van der Waals surface area contributed by atoms with E-state index in [-0.39, 0.29) is 23.0 Å². The molecule has 1 aromatic rings. The minimum absolute atomic E-state index is 0.0106. The van der Waals surface area contributed by atoms with Crippen molar-refractivity contribution in [3.8, 4) is 0 Å². The van der Waals surface area contributed by atoms with Gasteiger partial charge in [0.1, 0.15) is 0 Å². The Balaban J connectivity index is 3.07. The number of benzene rings is 1. The number of carbonyl (C=O) groups is 1. The maximum Gasteiger partial charge on any atom is 0.337 e. The molecule has 98 valence electrons. The number of nitrogens with one attached hydrogen (secondary N) is 1. The van der Waals surface area contributed by atoms with Crippen LogP contribution in [0.15, 0.2) is 18.2 Å². The molecule has 0 heterocycles. The van der Waals surface area contributed by atoms with Gasteiger partial charge in [0, 0.05) is 25.3 Å². The summed E-state index contributed by atoms with van der Waals surface area (Å²) in [4.78, 5) is 21.1. The number of carboxylic acid groups (broad SMARTS) is 1. The fraction of sp³-hybridized carbons (Fsp3) is 0.364. The number of methoxy groups -OCH3 is 1. The summed E-state index contributed by atoms with van der Waals surface area (Å²) < 4.78 is 4.91. The summed E-state index contributed by atoms with van der Waals surface area (Å²) in [7, 11) is 1.52. The van der Waals surface area contributed by atoms with Crippen molar-refractivity contribution in [1.82, 2.24) is 0 Å². The molecule has 0 aliphatic rings. The first-order valence-electron chi connectivity index (χ1n) is 5.23. The van der Waals surface area contributed by atoms with E-state index in [1.807, 2.05) is 0 Å². The molecule has 0 aliphatic carbocycles. The number of hydrogen-bond donors (Lipinski definition) is 2. The lowest BCUT2D eigenvalue weighted by Crippen LogP contribution is -2.22. The van der Waals surface area contributed by atoms with E-state index < -0.39 is 10.9 Å². The Morgan fingerprint density at radius 1 is 1.61 bits per heavy atom. The molecule has 1 rings (SSSR count). The van der Waals surface area contributed by atoms with Crippen molar-refractivity contribution in [2.45, 2.75) is 13.0 Å². The van der Waals surface area contributed by atoms with Crippen LogP contribution >= 0.6 is 0 Å². The Morgan fingerprint density at radius 3 is 2.78 bits per heavy atom. The van der Waals surface area contributed by atoms with Crippen molar-refractivity contribution in [1.29, 1.82) is 0 Å². The van der Waals surface area contributed by atoms with Crippen LogP contribution in [0.25, 0.3) is 0 Å². The average molecular weight is 254 g/mol. The molecule has 7 nitrogen and oxygen atoms in total. The minimum atomic E-state index is -1.14. The lowest BCUT2D eigenvalue weighted by atomic mass is 10.1. The van der Waals surface area contributed by atoms with E-state index in [2.05, 4.69) is 5.32 Å². The third-order valence-electron chi connectivity index (χ3n) is 2.26. The molecule has 0 amide bonds. The quantitative estimate of drug-likeness (QED) is 0.592. The number of nitro benzene ring substituents is 1. The van der Waals surface area contributed by atoms with Gasteiger partial charge in [-0.15, -0.1) is 0 Å². The maximum absolute atomic E-state index is 11.0. The highest BCUT2D eigenvalue weighted by Crippen LogP contribution is 2.23. The first kappa shape index (κ1) is 13.9. The summed E-state index contributed by atoms with van der Waals surface area (Å²) >= 11 is 0. The van der Waals surface area contributed by atoms with Gasteiger partial charge in [0.2, 0.25) is 0 Å². The summed E-state index contributed by atoms with van der Waals surface area (Å²) in [6, 6.07) is 3.42. The number of rotatable bonds is 6. The standard InChI is InChI=1S/C11H14N2O5/c1-7(6-18-2)12-10-5-8(13(16)17)3-4-9(10)11(14)15/h3-5,7,12H,6H2,1-2H3,(H,14,15). The molecule has 0 fully saturated rings. The van der Waals surface area contributed by atoms with E-state index in [9.17, 15) is 14.9 Å². The summed E-state index contributed by atoms with van der Waals surface area (Å²) in [6.45, 7) is 2.15. The van der Waals surface area contributed by atoms with Crippen LogP contribution in [-0.4, -0.2) is 35.8 Å². The van der Waals surface area contributed by atoms with E-state index in [0.29, 0.717) is 6.61 Å². The van der Waals surface area contributed by atoms with Gasteiger partial charge >= 0.3 is 5.97 Å². The highest BCUT2D eigenvalue weighted by atomic mass is 16.6. The zero-order valence-electron chi connectivity index (χ0n) is 10.0. The monoisotopic (exact) mass is 254 g/mol. The highest BCUT2D eigenvalue weighted by Gasteiger charge is 2.16. The molecule has 0 aliphatic heterocycles. The third-order valence-corrected chi connectivity index (χ3v) is 2.26. The molecule has 0 radical (unpaired) electrons. The van der Waals surface area contributed by atoms with Crippen molar-refractivity contribution in [3.05, 3.63) is 33.9 Å². The van der Waals surface area contributed by atoms with E-state index in [4.69, 9.17) is 9.84 Å². The van der Waals surface area contributed by atoms with Gasteiger partial charge in [-0.25, -0.2) is 4.79 Å². The number of non-ortho nitro benzene ring substituents is 1. The Morgan fingerprint density at radius 2 is 2.28 bits per heavy atom. The number of carboxylic acids is 1. The van der Waals surface area contributed by atoms with Gasteiger partial charge in [0.15, 0.2) is 0 Å². The van der Waals surface area contributed by atoms with E-state index in [1.165, 1.54) is 19.2 Å². The Bertz CT molecular complexity index is 461. The number of nitrogens with zero attached hydrogens (tertiary/aromatic N) is 1. The number of anilines is 1. The summed E-state index contributed by atoms with van der Waals surface area (Å²) in [5.74, 6) is -1.14. The minimum Gasteiger partial charge on any atom is -0.478 e. The largest absolute Gasteiger partial charge is 0.478 e. The molecule has 7 heteroatoms. The number of ether oxygens (including phenoxy) is 1. The molecule has 1 aromatic carbocycles. The molecule has 0 bridgehead atoms. The molecule has 0 saturated carbocycles. The molecule has 0 spiro atoms. The fourth-order valence-electron chi connectivity index (χ4n) is 1.51. The normalized spacial score (nSPS) is 11.9. The molecule has 0 aromatic heterocycles. The van der Waals surface area contributed by atoms with E-state index in [1.54, 1.807) is 6.92 Å². The first-order valence-corrected chi connectivity index (χ1v) is 5.23. The number of nitro groups is 1. The molecule has 2 N–H and O–H groups in total. The zero-order valence-corrected chi connectivity index (χ0v) is 10.0. The van der Waals surface area contributed by atoms with Gasteiger partial charge in [-0.2, -0.15) is 0 Å². The molecular formula is C11H14N2O5. The number of hydrogen-bond acceptors (Lipinski definition) is 5. The van der Waals surface area contributed by atoms with Crippen LogP contribution in [0, 0.1) is 10.1 Å². The fourth-order valence-corrected chi connectivity index (χ4v) is 1.51. The van der Waals surface area contributed by atoms with Crippen LogP contribution in [0.1, 0.15) is 17.3 Å². The third kappa shape index (κ3) is 3.42. The van der Waals surface area contributed by atoms with E-state index in [0.717, 1.165) is 6.07 Å². The van der Waals surface area contributed by atoms with Crippen LogP contribution in [0.3, 0.4) is 0 Å². The summed E-state index contributed by atoms with van der Waals surface area (Å²) in [5, 5.41) is 22.5. The Hall–Kier alpha value is -2.15. The molecule has 0 saturated heterocycles. The summed E-state index contributed by atoms with van der Waals surface area (Å²) in [6.07, 6.45) is 0. The highest BCUT2D eigenvalue weighted by molar-refractivity contribution is 5.94. The van der Waals surface area contributed by atoms with Crippen molar-refractivity contribution in [2.75, 3.05) is 19.0 Å². The van der Waals surface area contributed by atoms with Crippen molar-refractivity contribution >= 4 is 17.3 Å². The zero-order chi connectivity index (χ0) is 13.7. The molecular weight excluding hydrogens is 240 g/mol. The Labute approximate surface area is 104 Å². The topological polar surface area (TPSA) is 102 Å². The lowest BCUT2D eigenvalue weighted by molar-refractivity contribution is -0.384. The van der Waals surface area contributed by atoms with Crippen LogP contribution in [0.4, 0.5) is 11.4 Å². The van der Waals surface area contributed by atoms with Gasteiger partial charge < -0.3 is 15.2 Å². The first-order chi connectivity index (χ1) is 8.45. The Kier molecular flexibility index (Phi) is 4.61. The lowest BCUT2D eigenvalue weighted by Gasteiger charge is -2.15. The van der Waals surface area contributed by atoms with E-state index >= 15 is 0 Å². The smallest absolute Gasteiger partial charge is 0.337 e. The van der Waals surface area contributed by atoms with Gasteiger partial charge in [0.05, 0.1) is 22.8 Å². The van der Waals surface area contributed by atoms with Crippen molar-refractivity contribution in [2.24, 2.45) is 0 Å². The second-order valence-electron chi connectivity index (χ2n) is 3.79. The average Bonchev–Trinajstić information content (AvgIpc) is 2.28. The second kappa shape index (κ2) is 5.97. The second-order valence-corrected chi connectivity index (χ2v) is 3.79.